The third-order valence-corrected chi connectivity index (χ3v) is 6.64. The van der Waals surface area contributed by atoms with Gasteiger partial charge in [-0.15, -0.1) is 11.3 Å². The quantitative estimate of drug-likeness (QED) is 0.674. The van der Waals surface area contributed by atoms with E-state index >= 15 is 0 Å². The molecule has 0 aliphatic heterocycles. The third kappa shape index (κ3) is 5.34. The molecule has 31 heavy (non-hydrogen) atoms. The van der Waals surface area contributed by atoms with Gasteiger partial charge in [-0.3, -0.25) is 4.79 Å². The number of nitrogens with one attached hydrogen (secondary N) is 1. The van der Waals surface area contributed by atoms with Gasteiger partial charge in [0.2, 0.25) is 0 Å². The fraction of sp³-hybridized carbons (Fsp3) is 0.458. The van der Waals surface area contributed by atoms with Crippen molar-refractivity contribution in [2.75, 3.05) is 19.0 Å². The summed E-state index contributed by atoms with van der Waals surface area (Å²) in [5.74, 6) is -0.983. The van der Waals surface area contributed by atoms with Crippen LogP contribution in [0, 0.1) is 5.92 Å². The molecule has 0 saturated heterocycles. The van der Waals surface area contributed by atoms with Crippen LogP contribution < -0.4 is 5.32 Å². The molecule has 0 fully saturated rings. The molecule has 2 aromatic rings. The van der Waals surface area contributed by atoms with E-state index in [4.69, 9.17) is 9.47 Å². The Labute approximate surface area is 186 Å². The molecule has 0 radical (unpaired) electrons. The smallest absolute Gasteiger partial charge is 0.341 e. The molecule has 1 aromatic heterocycles. The molecule has 1 aromatic carbocycles. The van der Waals surface area contributed by atoms with Crippen LogP contribution in [0.1, 0.15) is 70.8 Å². The Morgan fingerprint density at radius 2 is 1.81 bits per heavy atom. The number of amides is 1. The Hall–Kier alpha value is -2.67. The largest absolute Gasteiger partial charge is 0.465 e. The Balaban J connectivity index is 1.66. The lowest BCUT2D eigenvalue weighted by Crippen LogP contribution is -2.22. The van der Waals surface area contributed by atoms with Gasteiger partial charge in [-0.1, -0.05) is 39.8 Å². The number of thiophene rings is 1. The molecule has 1 N–H and O–H groups in total. The van der Waals surface area contributed by atoms with Gasteiger partial charge in [0.05, 0.1) is 18.2 Å². The van der Waals surface area contributed by atoms with Crippen LogP contribution in [0.3, 0.4) is 0 Å². The second-order valence-corrected chi connectivity index (χ2v) is 10.1. The number of benzene rings is 1. The molecule has 1 unspecified atom stereocenters. The molecule has 166 valence electrons. The molecule has 1 aliphatic rings. The minimum absolute atomic E-state index is 0.0165. The fourth-order valence-corrected chi connectivity index (χ4v) is 5.06. The van der Waals surface area contributed by atoms with Crippen molar-refractivity contribution in [2.24, 2.45) is 5.92 Å². The summed E-state index contributed by atoms with van der Waals surface area (Å²) in [4.78, 5) is 38.2. The van der Waals surface area contributed by atoms with Gasteiger partial charge in [-0.25, -0.2) is 9.59 Å². The van der Waals surface area contributed by atoms with Gasteiger partial charge in [0.1, 0.15) is 5.00 Å². The van der Waals surface area contributed by atoms with Crippen LogP contribution in [-0.2, 0) is 32.5 Å². The van der Waals surface area contributed by atoms with Crippen molar-refractivity contribution in [2.45, 2.75) is 52.4 Å². The maximum absolute atomic E-state index is 12.4. The first-order valence-electron chi connectivity index (χ1n) is 10.4. The second-order valence-electron chi connectivity index (χ2n) is 9.00. The van der Waals surface area contributed by atoms with E-state index in [-0.39, 0.29) is 5.41 Å². The number of esters is 2. The van der Waals surface area contributed by atoms with Crippen LogP contribution in [0.15, 0.2) is 24.3 Å². The number of hydrogen-bond donors (Lipinski definition) is 1. The van der Waals surface area contributed by atoms with E-state index in [2.05, 4.69) is 33.0 Å². The molecule has 0 bridgehead atoms. The lowest BCUT2D eigenvalue weighted by atomic mass is 9.87. The van der Waals surface area contributed by atoms with Gasteiger partial charge in [-0.2, -0.15) is 0 Å². The summed E-state index contributed by atoms with van der Waals surface area (Å²) in [6.45, 7) is 8.02. The van der Waals surface area contributed by atoms with Crippen molar-refractivity contribution in [3.8, 4) is 0 Å². The van der Waals surface area contributed by atoms with E-state index in [0.717, 1.165) is 35.3 Å². The number of fused-ring (bicyclic) bond motifs is 1. The summed E-state index contributed by atoms with van der Waals surface area (Å²) in [5.41, 5.74) is 2.86. The molecule has 1 atom stereocenters. The highest BCUT2D eigenvalue weighted by atomic mass is 32.1. The minimum atomic E-state index is -0.567. The van der Waals surface area contributed by atoms with Crippen molar-refractivity contribution in [3.05, 3.63) is 51.4 Å². The van der Waals surface area contributed by atoms with Gasteiger partial charge < -0.3 is 14.8 Å². The summed E-state index contributed by atoms with van der Waals surface area (Å²) in [6, 6.07) is 7.17. The Kier molecular flexibility index (Phi) is 6.84. The first kappa shape index (κ1) is 23.0. The second kappa shape index (κ2) is 9.22. The Morgan fingerprint density at radius 3 is 2.42 bits per heavy atom. The number of rotatable bonds is 5. The molecular formula is C24H29NO5S. The van der Waals surface area contributed by atoms with E-state index in [1.807, 2.05) is 12.1 Å². The van der Waals surface area contributed by atoms with Gasteiger partial charge in [-0.05, 0) is 53.9 Å². The molecule has 6 nitrogen and oxygen atoms in total. The van der Waals surface area contributed by atoms with Gasteiger partial charge >= 0.3 is 11.9 Å². The molecular weight excluding hydrogens is 414 g/mol. The van der Waals surface area contributed by atoms with Crippen LogP contribution >= 0.6 is 11.3 Å². The molecule has 1 amide bonds. The SMILES string of the molecule is COC(=O)c1c(NC(=O)COC(=O)c2ccc(C(C)(C)C)cc2)sc2c1CCC(C)C2. The molecule has 0 spiro atoms. The predicted molar refractivity (Wildman–Crippen MR) is 121 cm³/mol. The predicted octanol–water partition coefficient (Wildman–Crippen LogP) is 4.75. The number of carbonyl (C=O) groups excluding carboxylic acids is 3. The summed E-state index contributed by atoms with van der Waals surface area (Å²) in [6.07, 6.45) is 2.65. The lowest BCUT2D eigenvalue weighted by Gasteiger charge is -2.18. The first-order valence-corrected chi connectivity index (χ1v) is 11.2. The van der Waals surface area contributed by atoms with Gasteiger partial charge in [0, 0.05) is 4.88 Å². The highest BCUT2D eigenvalue weighted by molar-refractivity contribution is 7.17. The van der Waals surface area contributed by atoms with Crippen molar-refractivity contribution in [1.29, 1.82) is 0 Å². The average Bonchev–Trinajstić information content (AvgIpc) is 3.07. The molecule has 1 heterocycles. The summed E-state index contributed by atoms with van der Waals surface area (Å²) < 4.78 is 10.1. The zero-order chi connectivity index (χ0) is 22.8. The topological polar surface area (TPSA) is 81.7 Å². The normalized spacial score (nSPS) is 15.7. The molecule has 7 heteroatoms. The van der Waals surface area contributed by atoms with Crippen molar-refractivity contribution in [1.82, 2.24) is 0 Å². The maximum Gasteiger partial charge on any atom is 0.341 e. The number of anilines is 1. The van der Waals surface area contributed by atoms with Crippen LogP contribution in [0.4, 0.5) is 5.00 Å². The number of hydrogen-bond acceptors (Lipinski definition) is 6. The fourth-order valence-electron chi connectivity index (χ4n) is 3.64. The summed E-state index contributed by atoms with van der Waals surface area (Å²) >= 11 is 1.40. The first-order chi connectivity index (χ1) is 14.6. The molecule has 0 saturated carbocycles. The number of ether oxygens (including phenoxy) is 2. The minimum Gasteiger partial charge on any atom is -0.465 e. The Bertz CT molecular complexity index is 985. The number of methoxy groups -OCH3 is 1. The van der Waals surface area contributed by atoms with Crippen molar-refractivity contribution in [3.63, 3.8) is 0 Å². The van der Waals surface area contributed by atoms with E-state index in [0.29, 0.717) is 22.0 Å². The van der Waals surface area contributed by atoms with Crippen LogP contribution in [0.25, 0.3) is 0 Å². The molecule has 1 aliphatic carbocycles. The zero-order valence-electron chi connectivity index (χ0n) is 18.7. The summed E-state index contributed by atoms with van der Waals surface area (Å²) in [7, 11) is 1.33. The zero-order valence-corrected chi connectivity index (χ0v) is 19.5. The number of carbonyl (C=O) groups is 3. The van der Waals surface area contributed by atoms with Gasteiger partial charge in [0.15, 0.2) is 6.61 Å². The highest BCUT2D eigenvalue weighted by Crippen LogP contribution is 2.40. The standard InChI is InChI=1S/C24H29NO5S/c1-14-6-11-17-18(12-14)31-21(20(17)23(28)29-5)25-19(26)13-30-22(27)15-7-9-16(10-8-15)24(2,3)4/h7-10,14H,6,11-13H2,1-5H3,(H,25,26). The highest BCUT2D eigenvalue weighted by Gasteiger charge is 2.29. The molecule has 3 rings (SSSR count). The van der Waals surface area contributed by atoms with Crippen molar-refractivity contribution < 1.29 is 23.9 Å². The van der Waals surface area contributed by atoms with Gasteiger partial charge in [0.25, 0.3) is 5.91 Å². The van der Waals surface area contributed by atoms with E-state index in [1.165, 1.54) is 18.4 Å². The third-order valence-electron chi connectivity index (χ3n) is 5.48. The van der Waals surface area contributed by atoms with E-state index < -0.39 is 24.5 Å². The van der Waals surface area contributed by atoms with Crippen LogP contribution in [0.2, 0.25) is 0 Å². The maximum atomic E-state index is 12.4. The lowest BCUT2D eigenvalue weighted by molar-refractivity contribution is -0.119. The summed E-state index contributed by atoms with van der Waals surface area (Å²) in [5, 5.41) is 3.19. The van der Waals surface area contributed by atoms with Crippen LogP contribution in [0.5, 0.6) is 0 Å². The van der Waals surface area contributed by atoms with Crippen LogP contribution in [-0.4, -0.2) is 31.6 Å². The van der Waals surface area contributed by atoms with Crippen molar-refractivity contribution >= 4 is 34.2 Å². The monoisotopic (exact) mass is 443 g/mol. The average molecular weight is 444 g/mol. The van der Waals surface area contributed by atoms with E-state index in [1.54, 1.807) is 12.1 Å². The Morgan fingerprint density at radius 1 is 1.13 bits per heavy atom. The van der Waals surface area contributed by atoms with E-state index in [9.17, 15) is 14.4 Å².